The minimum absolute atomic E-state index is 0.0467. The van der Waals surface area contributed by atoms with Gasteiger partial charge < -0.3 is 10.1 Å². The van der Waals surface area contributed by atoms with Gasteiger partial charge in [-0.15, -0.1) is 0 Å². The fourth-order valence-corrected chi connectivity index (χ4v) is 4.35. The van der Waals surface area contributed by atoms with Gasteiger partial charge in [-0.25, -0.2) is 8.42 Å². The van der Waals surface area contributed by atoms with Crippen molar-refractivity contribution < 1.29 is 17.9 Å². The van der Waals surface area contributed by atoms with E-state index in [1.54, 1.807) is 13.8 Å². The van der Waals surface area contributed by atoms with E-state index in [4.69, 9.17) is 16.3 Å². The summed E-state index contributed by atoms with van der Waals surface area (Å²) in [6.07, 6.45) is 0. The number of carbonyl (C=O) groups excluding carboxylic acids is 1. The molecule has 146 valence electrons. The Balaban J connectivity index is 2.09. The Morgan fingerprint density at radius 1 is 1.11 bits per heavy atom. The number of nitrogens with zero attached hydrogens (tertiary/aromatic N) is 1. The van der Waals surface area contributed by atoms with Crippen LogP contribution in [0.2, 0.25) is 5.02 Å². The average molecular weight is 411 g/mol. The van der Waals surface area contributed by atoms with Gasteiger partial charge in [0.2, 0.25) is 10.0 Å². The molecule has 2 aromatic rings. The number of hydrogen-bond acceptors (Lipinski definition) is 4. The Bertz CT molecular complexity index is 869. The zero-order valence-electron chi connectivity index (χ0n) is 15.3. The first-order valence-corrected chi connectivity index (χ1v) is 10.4. The molecule has 0 fully saturated rings. The molecule has 2 rings (SSSR count). The van der Waals surface area contributed by atoms with Gasteiger partial charge >= 0.3 is 0 Å². The van der Waals surface area contributed by atoms with E-state index < -0.39 is 10.0 Å². The van der Waals surface area contributed by atoms with Crippen LogP contribution in [0.4, 0.5) is 0 Å². The van der Waals surface area contributed by atoms with Gasteiger partial charge in [0, 0.05) is 24.7 Å². The lowest BCUT2D eigenvalue weighted by Crippen LogP contribution is -2.32. The third-order valence-electron chi connectivity index (χ3n) is 3.92. The molecule has 0 heterocycles. The van der Waals surface area contributed by atoms with Gasteiger partial charge in [-0.2, -0.15) is 4.31 Å². The maximum absolute atomic E-state index is 12.8. The van der Waals surface area contributed by atoms with E-state index in [9.17, 15) is 13.2 Å². The van der Waals surface area contributed by atoms with Gasteiger partial charge in [-0.1, -0.05) is 55.8 Å². The second-order valence-electron chi connectivity index (χ2n) is 5.73. The third kappa shape index (κ3) is 5.69. The molecule has 0 aromatic heterocycles. The lowest BCUT2D eigenvalue weighted by atomic mass is 10.2. The SMILES string of the molecule is CCN(CC)S(=O)(=O)c1cc(Cl)ccc1OCC(=O)NCc1ccccc1. The summed E-state index contributed by atoms with van der Waals surface area (Å²) >= 11 is 5.98. The van der Waals surface area contributed by atoms with Crippen LogP contribution in [0.1, 0.15) is 19.4 Å². The molecule has 6 nitrogen and oxygen atoms in total. The first kappa shape index (κ1) is 21.2. The molecule has 0 aliphatic carbocycles. The molecule has 8 heteroatoms. The van der Waals surface area contributed by atoms with Crippen molar-refractivity contribution in [2.75, 3.05) is 19.7 Å². The van der Waals surface area contributed by atoms with Crippen molar-refractivity contribution in [3.63, 3.8) is 0 Å². The summed E-state index contributed by atoms with van der Waals surface area (Å²) in [5, 5.41) is 3.01. The van der Waals surface area contributed by atoms with E-state index in [2.05, 4.69) is 5.32 Å². The molecule has 1 N–H and O–H groups in total. The Morgan fingerprint density at radius 2 is 1.78 bits per heavy atom. The summed E-state index contributed by atoms with van der Waals surface area (Å²) in [5.74, 6) is -0.249. The molecule has 27 heavy (non-hydrogen) atoms. The molecule has 1 amide bonds. The van der Waals surface area contributed by atoms with Gasteiger partial charge in [0.05, 0.1) is 0 Å². The van der Waals surface area contributed by atoms with Crippen molar-refractivity contribution in [2.45, 2.75) is 25.3 Å². The second-order valence-corrected chi connectivity index (χ2v) is 8.07. The highest BCUT2D eigenvalue weighted by Gasteiger charge is 2.26. The summed E-state index contributed by atoms with van der Waals surface area (Å²) in [6.45, 7) is 4.22. The predicted molar refractivity (Wildman–Crippen MR) is 105 cm³/mol. The summed E-state index contributed by atoms with van der Waals surface area (Å²) in [5.41, 5.74) is 0.960. The Hall–Kier alpha value is -2.09. The van der Waals surface area contributed by atoms with E-state index in [0.29, 0.717) is 19.6 Å². The Morgan fingerprint density at radius 3 is 2.41 bits per heavy atom. The number of hydrogen-bond donors (Lipinski definition) is 1. The molecule has 2 aromatic carbocycles. The minimum atomic E-state index is -3.77. The van der Waals surface area contributed by atoms with Gasteiger partial charge in [0.1, 0.15) is 10.6 Å². The number of benzene rings is 2. The van der Waals surface area contributed by atoms with Crippen LogP contribution in [0.25, 0.3) is 0 Å². The zero-order valence-corrected chi connectivity index (χ0v) is 16.9. The number of nitrogens with one attached hydrogen (secondary N) is 1. The molecule has 0 saturated heterocycles. The highest BCUT2D eigenvalue weighted by molar-refractivity contribution is 7.89. The van der Waals surface area contributed by atoms with Gasteiger partial charge in [-0.3, -0.25) is 4.79 Å². The topological polar surface area (TPSA) is 75.7 Å². The maximum Gasteiger partial charge on any atom is 0.258 e. The number of halogens is 1. The first-order chi connectivity index (χ1) is 12.9. The van der Waals surface area contributed by atoms with E-state index in [1.807, 2.05) is 30.3 Å². The zero-order chi connectivity index (χ0) is 19.9. The summed E-state index contributed by atoms with van der Waals surface area (Å²) < 4.78 is 32.4. The number of rotatable bonds is 9. The molecule has 0 spiro atoms. The lowest BCUT2D eigenvalue weighted by Gasteiger charge is -2.20. The van der Waals surface area contributed by atoms with Crippen LogP contribution >= 0.6 is 11.6 Å². The van der Waals surface area contributed by atoms with Gasteiger partial charge in [0.15, 0.2) is 6.61 Å². The maximum atomic E-state index is 12.8. The van der Waals surface area contributed by atoms with Crippen LogP contribution in [-0.2, 0) is 21.4 Å². The van der Waals surface area contributed by atoms with Gasteiger partial charge in [-0.05, 0) is 23.8 Å². The highest BCUT2D eigenvalue weighted by atomic mass is 35.5. The van der Waals surface area contributed by atoms with Crippen molar-refractivity contribution in [3.05, 3.63) is 59.1 Å². The summed E-state index contributed by atoms with van der Waals surface area (Å²) in [4.78, 5) is 12.0. The molecule has 0 aliphatic rings. The molecule has 0 saturated carbocycles. The molecule has 0 bridgehead atoms. The predicted octanol–water partition coefficient (Wildman–Crippen LogP) is 3.07. The van der Waals surface area contributed by atoms with Crippen LogP contribution < -0.4 is 10.1 Å². The van der Waals surface area contributed by atoms with Crippen LogP contribution in [0.3, 0.4) is 0 Å². The third-order valence-corrected chi connectivity index (χ3v) is 6.23. The van der Waals surface area contributed by atoms with Crippen LogP contribution in [0, 0.1) is 0 Å². The number of sulfonamides is 1. The van der Waals surface area contributed by atoms with Crippen molar-refractivity contribution in [2.24, 2.45) is 0 Å². The lowest BCUT2D eigenvalue weighted by molar-refractivity contribution is -0.123. The van der Waals surface area contributed by atoms with E-state index in [0.717, 1.165) is 5.56 Å². The van der Waals surface area contributed by atoms with Crippen LogP contribution in [-0.4, -0.2) is 38.3 Å². The highest BCUT2D eigenvalue weighted by Crippen LogP contribution is 2.29. The molecule has 0 atom stereocenters. The molecular formula is C19H23ClN2O4S. The number of carbonyl (C=O) groups is 1. The minimum Gasteiger partial charge on any atom is -0.482 e. The smallest absolute Gasteiger partial charge is 0.258 e. The molecular weight excluding hydrogens is 388 g/mol. The standard InChI is InChI=1S/C19H23ClN2O4S/c1-3-22(4-2)27(24,25)18-12-16(20)10-11-17(18)26-14-19(23)21-13-15-8-6-5-7-9-15/h5-12H,3-4,13-14H2,1-2H3,(H,21,23). The van der Waals surface area contributed by atoms with Crippen molar-refractivity contribution in [3.8, 4) is 5.75 Å². The molecule has 0 radical (unpaired) electrons. The van der Waals surface area contributed by atoms with E-state index in [1.165, 1.54) is 22.5 Å². The number of amides is 1. The largest absolute Gasteiger partial charge is 0.482 e. The second kappa shape index (κ2) is 9.73. The van der Waals surface area contributed by atoms with Gasteiger partial charge in [0.25, 0.3) is 5.91 Å². The summed E-state index contributed by atoms with van der Waals surface area (Å²) in [6, 6.07) is 13.8. The monoisotopic (exact) mass is 410 g/mol. The number of ether oxygens (including phenoxy) is 1. The Labute approximate surface area is 165 Å². The van der Waals surface area contributed by atoms with Crippen LogP contribution in [0.15, 0.2) is 53.4 Å². The summed E-state index contributed by atoms with van der Waals surface area (Å²) in [7, 11) is -3.77. The molecule has 0 unspecified atom stereocenters. The van der Waals surface area contributed by atoms with Crippen LogP contribution in [0.5, 0.6) is 5.75 Å². The first-order valence-electron chi connectivity index (χ1n) is 8.61. The fourth-order valence-electron chi connectivity index (χ4n) is 2.50. The van der Waals surface area contributed by atoms with Crippen molar-refractivity contribution in [1.82, 2.24) is 9.62 Å². The molecule has 0 aliphatic heterocycles. The normalized spacial score (nSPS) is 11.4. The van der Waals surface area contributed by atoms with E-state index >= 15 is 0 Å². The fraction of sp³-hybridized carbons (Fsp3) is 0.316. The Kier molecular flexibility index (Phi) is 7.65. The quantitative estimate of drug-likeness (QED) is 0.689. The van der Waals surface area contributed by atoms with E-state index in [-0.39, 0.29) is 28.2 Å². The van der Waals surface area contributed by atoms with Crippen molar-refractivity contribution >= 4 is 27.5 Å². The average Bonchev–Trinajstić information content (AvgIpc) is 2.67. The van der Waals surface area contributed by atoms with Crippen molar-refractivity contribution in [1.29, 1.82) is 0 Å².